The van der Waals surface area contributed by atoms with Crippen LogP contribution in [-0.2, 0) is 39.6 Å². The molecule has 1 aromatic carbocycles. The Hall–Kier alpha value is -4.38. The highest BCUT2D eigenvalue weighted by molar-refractivity contribution is 6.48. The minimum absolute atomic E-state index is 0.0334. The van der Waals surface area contributed by atoms with E-state index in [0.29, 0.717) is 30.9 Å². The second-order valence-corrected chi connectivity index (χ2v) is 19.7. The summed E-state index contributed by atoms with van der Waals surface area (Å²) in [6.07, 6.45) is 1.91. The Bertz CT molecular complexity index is 1850. The van der Waals surface area contributed by atoms with E-state index in [1.165, 1.54) is 12.0 Å². The molecule has 0 radical (unpaired) electrons. The van der Waals surface area contributed by atoms with E-state index in [9.17, 15) is 28.8 Å². The number of piperazine rings is 1. The zero-order valence-corrected chi connectivity index (χ0v) is 37.2. The number of rotatable bonds is 10. The number of benzene rings is 1. The molecular weight excluding hydrogens is 773 g/mol. The van der Waals surface area contributed by atoms with Gasteiger partial charge in [0.2, 0.25) is 5.91 Å². The molecule has 17 heteroatoms. The minimum atomic E-state index is -1.19. The molecule has 16 nitrogen and oxygen atoms in total. The SMILES string of the molecule is CCN1CCN(C(=O)NC(C(=O)NC(Cc2cccc(C(=O)OC(C)(C)C)c2OC)B2O[C@@H]3C[C@@H]4C[C@@H](C4(C)C)[C@]3(C)O2)C2CCN(C(=O)OC(C)(C)C)CC2)C(=O)C1=O. The number of urea groups is 1. The van der Waals surface area contributed by atoms with Gasteiger partial charge in [-0.2, -0.15) is 0 Å². The van der Waals surface area contributed by atoms with Crippen LogP contribution in [0.2, 0.25) is 0 Å². The summed E-state index contributed by atoms with van der Waals surface area (Å²) in [6.45, 7) is 20.0. The molecule has 6 fully saturated rings. The summed E-state index contributed by atoms with van der Waals surface area (Å²) in [5, 5.41) is 5.98. The molecule has 60 heavy (non-hydrogen) atoms. The highest BCUT2D eigenvalue weighted by Crippen LogP contribution is 2.65. The fraction of sp³-hybridized carbons (Fsp3) is 0.721. The maximum Gasteiger partial charge on any atom is 0.482 e. The molecular formula is C43H64BN5O11. The monoisotopic (exact) mass is 837 g/mol. The number of hydrogen-bond acceptors (Lipinski definition) is 11. The first-order chi connectivity index (χ1) is 28.0. The number of imide groups is 1. The van der Waals surface area contributed by atoms with E-state index in [2.05, 4.69) is 31.4 Å². The topological polar surface area (TPSA) is 182 Å². The highest BCUT2D eigenvalue weighted by atomic mass is 16.7. The van der Waals surface area contributed by atoms with Crippen molar-refractivity contribution < 1.29 is 52.3 Å². The number of hydrogen-bond donors (Lipinski definition) is 2. The van der Waals surface area contributed by atoms with Crippen LogP contribution in [0.15, 0.2) is 18.2 Å². The summed E-state index contributed by atoms with van der Waals surface area (Å²) in [5.41, 5.74) is -1.22. The van der Waals surface area contributed by atoms with Gasteiger partial charge in [-0.05, 0) is 122 Å². The van der Waals surface area contributed by atoms with Crippen molar-refractivity contribution in [2.75, 3.05) is 39.8 Å². The van der Waals surface area contributed by atoms with Crippen molar-refractivity contribution in [3.05, 3.63) is 29.3 Å². The first-order valence-corrected chi connectivity index (χ1v) is 21.4. The van der Waals surface area contributed by atoms with Gasteiger partial charge in [0.25, 0.3) is 0 Å². The summed E-state index contributed by atoms with van der Waals surface area (Å²) >= 11 is 0. The molecule has 3 aliphatic heterocycles. The van der Waals surface area contributed by atoms with Crippen LogP contribution < -0.4 is 15.4 Å². The second-order valence-electron chi connectivity index (χ2n) is 19.7. The molecule has 3 aliphatic carbocycles. The van der Waals surface area contributed by atoms with Gasteiger partial charge in [0.1, 0.15) is 28.6 Å². The van der Waals surface area contributed by atoms with Gasteiger partial charge >= 0.3 is 37.0 Å². The average molecular weight is 838 g/mol. The fourth-order valence-electron chi connectivity index (χ4n) is 9.80. The third-order valence-corrected chi connectivity index (χ3v) is 13.1. The highest BCUT2D eigenvalue weighted by Gasteiger charge is 2.68. The minimum Gasteiger partial charge on any atom is -0.496 e. The van der Waals surface area contributed by atoms with Crippen molar-refractivity contribution in [3.8, 4) is 5.75 Å². The Morgan fingerprint density at radius 3 is 2.18 bits per heavy atom. The number of likely N-dealkylation sites (N-methyl/N-ethyl adjacent to an activating group) is 1. The largest absolute Gasteiger partial charge is 0.496 e. The van der Waals surface area contributed by atoms with E-state index in [4.69, 9.17) is 23.5 Å². The van der Waals surface area contributed by atoms with Gasteiger partial charge < -0.3 is 44.0 Å². The Balaban J connectivity index is 1.31. The van der Waals surface area contributed by atoms with Crippen molar-refractivity contribution >= 4 is 42.9 Å². The summed E-state index contributed by atoms with van der Waals surface area (Å²) in [5.74, 6) is -3.22. The molecule has 6 atom stereocenters. The molecule has 0 aromatic heterocycles. The van der Waals surface area contributed by atoms with Gasteiger partial charge in [-0.15, -0.1) is 0 Å². The third kappa shape index (κ3) is 9.12. The predicted octanol–water partition coefficient (Wildman–Crippen LogP) is 4.36. The van der Waals surface area contributed by atoms with Crippen molar-refractivity contribution in [2.24, 2.45) is 23.2 Å². The first-order valence-electron chi connectivity index (χ1n) is 21.4. The van der Waals surface area contributed by atoms with Crippen LogP contribution in [-0.4, -0.2) is 132 Å². The molecule has 2 N–H and O–H groups in total. The van der Waals surface area contributed by atoms with E-state index in [0.717, 1.165) is 17.7 Å². The van der Waals surface area contributed by atoms with Crippen LogP contribution in [0.25, 0.3) is 0 Å². The van der Waals surface area contributed by atoms with Crippen molar-refractivity contribution in [2.45, 2.75) is 136 Å². The summed E-state index contributed by atoms with van der Waals surface area (Å²) in [4.78, 5) is 84.9. The number of amides is 6. The lowest BCUT2D eigenvalue weighted by Gasteiger charge is -2.64. The molecule has 2 bridgehead atoms. The molecule has 7 rings (SSSR count). The number of esters is 1. The first kappa shape index (κ1) is 45.2. The molecule has 6 amide bonds. The molecule has 2 unspecified atom stereocenters. The van der Waals surface area contributed by atoms with Gasteiger partial charge in [0, 0.05) is 32.7 Å². The lowest BCUT2D eigenvalue weighted by Crippen LogP contribution is -2.65. The third-order valence-electron chi connectivity index (χ3n) is 13.1. The van der Waals surface area contributed by atoms with Crippen LogP contribution in [0.3, 0.4) is 0 Å². The van der Waals surface area contributed by atoms with Crippen LogP contribution >= 0.6 is 0 Å². The lowest BCUT2D eigenvalue weighted by molar-refractivity contribution is -0.199. The molecule has 3 saturated carbocycles. The van der Waals surface area contributed by atoms with Gasteiger partial charge in [-0.1, -0.05) is 26.0 Å². The molecule has 1 aromatic rings. The number of methoxy groups -OCH3 is 1. The fourth-order valence-corrected chi connectivity index (χ4v) is 9.80. The number of para-hydroxylation sites is 1. The number of nitrogens with zero attached hydrogens (tertiary/aromatic N) is 3. The Labute approximate surface area is 354 Å². The zero-order chi connectivity index (χ0) is 44.1. The Morgan fingerprint density at radius 2 is 1.58 bits per heavy atom. The molecule has 3 heterocycles. The van der Waals surface area contributed by atoms with Gasteiger partial charge in [0.05, 0.1) is 24.8 Å². The van der Waals surface area contributed by atoms with Crippen LogP contribution in [0.4, 0.5) is 9.59 Å². The summed E-state index contributed by atoms with van der Waals surface area (Å²) in [6, 6.07) is 3.10. The standard InChI is InChI=1S/C43H64BN5O11/c1-12-47-20-21-49(36(52)35(47)51)38(54)46-32(25-16-18-48(19-17-25)39(55)58-41(5,6)7)34(50)45-31(44-59-30-24-27-23-29(42(27,8)9)43(30,10)60-44)22-26-14-13-15-28(33(26)56-11)37(53)57-40(2,3)4/h13-15,25,27,29-32H,12,16-24H2,1-11H3,(H,45,50)(H,46,54)/t27-,29-,30+,31?,32?,43-/m0/s1. The molecule has 3 saturated heterocycles. The quantitative estimate of drug-likeness (QED) is 0.194. The Kier molecular flexibility index (Phi) is 12.7. The normalized spacial score (nSPS) is 26.4. The maximum atomic E-state index is 14.9. The number of carbonyl (C=O) groups is 6. The maximum absolute atomic E-state index is 14.9. The summed E-state index contributed by atoms with van der Waals surface area (Å²) < 4.78 is 30.8. The number of likely N-dealkylation sites (tertiary alicyclic amines) is 1. The van der Waals surface area contributed by atoms with E-state index >= 15 is 0 Å². The summed E-state index contributed by atoms with van der Waals surface area (Å²) in [7, 11) is 0.552. The molecule has 0 spiro atoms. The molecule has 6 aliphatic rings. The van der Waals surface area contributed by atoms with E-state index in [1.807, 2.05) is 0 Å². The van der Waals surface area contributed by atoms with Crippen LogP contribution in [0.5, 0.6) is 5.75 Å². The van der Waals surface area contributed by atoms with Gasteiger partial charge in [-0.25, -0.2) is 14.4 Å². The smallest absolute Gasteiger partial charge is 0.482 e. The van der Waals surface area contributed by atoms with Crippen molar-refractivity contribution in [3.63, 3.8) is 0 Å². The van der Waals surface area contributed by atoms with Crippen molar-refractivity contribution in [1.82, 2.24) is 25.3 Å². The van der Waals surface area contributed by atoms with Gasteiger partial charge in [-0.3, -0.25) is 19.3 Å². The van der Waals surface area contributed by atoms with E-state index in [-0.39, 0.29) is 61.3 Å². The number of piperidine rings is 1. The van der Waals surface area contributed by atoms with E-state index < -0.39 is 77.6 Å². The second kappa shape index (κ2) is 16.8. The number of carbonyl (C=O) groups excluding carboxylic acids is 6. The predicted molar refractivity (Wildman–Crippen MR) is 221 cm³/mol. The number of nitrogens with one attached hydrogen (secondary N) is 2. The average Bonchev–Trinajstić information content (AvgIpc) is 3.53. The van der Waals surface area contributed by atoms with Crippen LogP contribution in [0.1, 0.15) is 111 Å². The Morgan fingerprint density at radius 1 is 0.917 bits per heavy atom. The number of ether oxygens (including phenoxy) is 3. The van der Waals surface area contributed by atoms with Crippen molar-refractivity contribution in [1.29, 1.82) is 0 Å². The molecule has 330 valence electrons. The van der Waals surface area contributed by atoms with Crippen LogP contribution in [0, 0.1) is 23.2 Å². The lowest BCUT2D eigenvalue weighted by atomic mass is 9.43. The van der Waals surface area contributed by atoms with Gasteiger partial charge in [0.15, 0.2) is 0 Å². The zero-order valence-electron chi connectivity index (χ0n) is 37.2. The van der Waals surface area contributed by atoms with E-state index in [1.54, 1.807) is 71.6 Å².